The largest absolute Gasteiger partial charge is 0.312 e. The SMILES string of the molecule is Cc1c(C(=O)Nc2nnc(C3CC(=O)N(c4ccc(Cl)cc4)C3)s2)cc([N+](=O)[O-])cc1[N+](=O)[O-]. The zero-order valence-electron chi connectivity index (χ0n) is 17.4. The lowest BCUT2D eigenvalue weighted by Crippen LogP contribution is -2.24. The van der Waals surface area contributed by atoms with Crippen molar-refractivity contribution in [3.05, 3.63) is 77.8 Å². The van der Waals surface area contributed by atoms with Crippen LogP contribution in [0.1, 0.15) is 33.3 Å². The van der Waals surface area contributed by atoms with Crippen molar-refractivity contribution in [1.82, 2.24) is 10.2 Å². The van der Waals surface area contributed by atoms with Gasteiger partial charge in [0.25, 0.3) is 17.3 Å². The number of non-ortho nitro benzene ring substituents is 1. The van der Waals surface area contributed by atoms with Gasteiger partial charge in [0.15, 0.2) is 0 Å². The number of aromatic nitrogens is 2. The summed E-state index contributed by atoms with van der Waals surface area (Å²) in [6.07, 6.45) is 0.210. The molecule has 4 rings (SSSR count). The number of nitro benzene ring substituents is 2. The molecule has 2 heterocycles. The number of rotatable bonds is 6. The highest BCUT2D eigenvalue weighted by atomic mass is 35.5. The van der Waals surface area contributed by atoms with E-state index in [9.17, 15) is 29.8 Å². The van der Waals surface area contributed by atoms with E-state index in [0.29, 0.717) is 22.3 Å². The molecule has 14 heteroatoms. The quantitative estimate of drug-likeness (QED) is 0.389. The molecule has 1 unspecified atom stereocenters. The van der Waals surface area contributed by atoms with E-state index in [-0.39, 0.29) is 34.5 Å². The van der Waals surface area contributed by atoms with Crippen molar-refractivity contribution in [2.24, 2.45) is 0 Å². The van der Waals surface area contributed by atoms with E-state index in [4.69, 9.17) is 11.6 Å². The van der Waals surface area contributed by atoms with E-state index in [0.717, 1.165) is 23.5 Å². The fourth-order valence-corrected chi connectivity index (χ4v) is 4.53. The van der Waals surface area contributed by atoms with Crippen LogP contribution in [0, 0.1) is 27.2 Å². The van der Waals surface area contributed by atoms with Crippen molar-refractivity contribution < 1.29 is 19.4 Å². The fourth-order valence-electron chi connectivity index (χ4n) is 3.57. The van der Waals surface area contributed by atoms with Gasteiger partial charge in [-0.15, -0.1) is 10.2 Å². The summed E-state index contributed by atoms with van der Waals surface area (Å²) >= 11 is 6.96. The van der Waals surface area contributed by atoms with Crippen LogP contribution in [-0.4, -0.2) is 38.4 Å². The molecule has 1 aromatic heterocycles. The molecule has 0 spiro atoms. The van der Waals surface area contributed by atoms with Crippen LogP contribution < -0.4 is 10.2 Å². The molecule has 1 aliphatic heterocycles. The Bertz CT molecular complexity index is 1330. The van der Waals surface area contributed by atoms with Gasteiger partial charge in [-0.25, -0.2) is 0 Å². The van der Waals surface area contributed by atoms with Crippen molar-refractivity contribution >= 4 is 56.9 Å². The van der Waals surface area contributed by atoms with Gasteiger partial charge in [0.1, 0.15) is 5.01 Å². The number of nitrogens with zero attached hydrogens (tertiary/aromatic N) is 5. The Labute approximate surface area is 200 Å². The lowest BCUT2D eigenvalue weighted by Gasteiger charge is -2.16. The molecule has 0 radical (unpaired) electrons. The maximum absolute atomic E-state index is 12.7. The summed E-state index contributed by atoms with van der Waals surface area (Å²) in [5.41, 5.74) is -0.644. The molecule has 1 N–H and O–H groups in total. The zero-order valence-corrected chi connectivity index (χ0v) is 19.0. The topological polar surface area (TPSA) is 161 Å². The first-order valence-corrected chi connectivity index (χ1v) is 11.0. The van der Waals surface area contributed by atoms with Gasteiger partial charge in [-0.2, -0.15) is 0 Å². The summed E-state index contributed by atoms with van der Waals surface area (Å²) < 4.78 is 0. The molecule has 2 aromatic carbocycles. The van der Waals surface area contributed by atoms with Gasteiger partial charge < -0.3 is 4.90 Å². The number of hydrogen-bond donors (Lipinski definition) is 1. The minimum absolute atomic E-state index is 0.0159. The van der Waals surface area contributed by atoms with E-state index < -0.39 is 27.1 Å². The number of amides is 2. The summed E-state index contributed by atoms with van der Waals surface area (Å²) in [4.78, 5) is 47.6. The normalized spacial score (nSPS) is 15.4. The lowest BCUT2D eigenvalue weighted by molar-refractivity contribution is -0.394. The van der Waals surface area contributed by atoms with Crippen molar-refractivity contribution in [3.8, 4) is 0 Å². The van der Waals surface area contributed by atoms with Crippen molar-refractivity contribution in [1.29, 1.82) is 0 Å². The number of hydrogen-bond acceptors (Lipinski definition) is 9. The van der Waals surface area contributed by atoms with E-state index in [1.807, 2.05) is 0 Å². The second-order valence-corrected chi connectivity index (χ2v) is 8.88. The first-order chi connectivity index (χ1) is 16.1. The van der Waals surface area contributed by atoms with Crippen LogP contribution in [0.4, 0.5) is 22.2 Å². The standard InChI is InChI=1S/C20H15ClN6O6S/c1-10-15(7-14(26(30)31)8-16(10)27(32)33)18(29)22-20-24-23-19(34-20)11-6-17(28)25(9-11)13-4-2-12(21)3-5-13/h2-5,7-8,11H,6,9H2,1H3,(H,22,24,29). The highest BCUT2D eigenvalue weighted by Gasteiger charge is 2.34. The Morgan fingerprint density at radius 2 is 1.88 bits per heavy atom. The molecule has 1 aliphatic rings. The van der Waals surface area contributed by atoms with Crippen LogP contribution in [0.5, 0.6) is 0 Å². The van der Waals surface area contributed by atoms with Crippen LogP contribution >= 0.6 is 22.9 Å². The molecular formula is C20H15ClN6O6S. The van der Waals surface area contributed by atoms with E-state index in [1.54, 1.807) is 29.2 Å². The Hall–Kier alpha value is -3.97. The van der Waals surface area contributed by atoms with Gasteiger partial charge in [-0.1, -0.05) is 22.9 Å². The van der Waals surface area contributed by atoms with E-state index >= 15 is 0 Å². The highest BCUT2D eigenvalue weighted by molar-refractivity contribution is 7.15. The Morgan fingerprint density at radius 1 is 1.18 bits per heavy atom. The van der Waals surface area contributed by atoms with Gasteiger partial charge in [0, 0.05) is 41.2 Å². The molecule has 0 saturated carbocycles. The zero-order chi connectivity index (χ0) is 24.6. The van der Waals surface area contributed by atoms with Crippen LogP contribution in [0.3, 0.4) is 0 Å². The van der Waals surface area contributed by atoms with Gasteiger partial charge in [0.2, 0.25) is 11.0 Å². The first kappa shape index (κ1) is 23.2. The number of carbonyl (C=O) groups excluding carboxylic acids is 2. The second-order valence-electron chi connectivity index (χ2n) is 7.43. The predicted molar refractivity (Wildman–Crippen MR) is 124 cm³/mol. The number of carbonyl (C=O) groups is 2. The van der Waals surface area contributed by atoms with Gasteiger partial charge in [-0.3, -0.25) is 35.1 Å². The summed E-state index contributed by atoms with van der Waals surface area (Å²) in [6.45, 7) is 1.71. The Morgan fingerprint density at radius 3 is 2.53 bits per heavy atom. The molecular weight excluding hydrogens is 488 g/mol. The molecule has 12 nitrogen and oxygen atoms in total. The molecule has 0 aliphatic carbocycles. The van der Waals surface area contributed by atoms with Crippen molar-refractivity contribution in [2.75, 3.05) is 16.8 Å². The fraction of sp³-hybridized carbons (Fsp3) is 0.200. The molecule has 3 aromatic rings. The molecule has 0 bridgehead atoms. The van der Waals surface area contributed by atoms with E-state index in [2.05, 4.69) is 15.5 Å². The molecule has 1 atom stereocenters. The van der Waals surface area contributed by atoms with Gasteiger partial charge in [0.05, 0.1) is 21.5 Å². The van der Waals surface area contributed by atoms with Crippen molar-refractivity contribution in [2.45, 2.75) is 19.3 Å². The molecule has 1 saturated heterocycles. The predicted octanol–water partition coefficient (Wildman–Crippen LogP) is 4.09. The van der Waals surface area contributed by atoms with Crippen LogP contribution in [0.2, 0.25) is 5.02 Å². The molecule has 2 amide bonds. The number of halogens is 1. The number of anilines is 2. The Balaban J connectivity index is 1.52. The van der Waals surface area contributed by atoms with Crippen molar-refractivity contribution in [3.63, 3.8) is 0 Å². The van der Waals surface area contributed by atoms with E-state index in [1.165, 1.54) is 6.92 Å². The van der Waals surface area contributed by atoms with Crippen LogP contribution in [0.15, 0.2) is 36.4 Å². The van der Waals surface area contributed by atoms with Gasteiger partial charge >= 0.3 is 0 Å². The lowest BCUT2D eigenvalue weighted by atomic mass is 10.0. The summed E-state index contributed by atoms with van der Waals surface area (Å²) in [5, 5.41) is 34.1. The average Bonchev–Trinajstić information content (AvgIpc) is 3.40. The number of nitro groups is 2. The number of benzene rings is 2. The maximum atomic E-state index is 12.7. The minimum Gasteiger partial charge on any atom is -0.312 e. The summed E-state index contributed by atoms with van der Waals surface area (Å²) in [7, 11) is 0. The summed E-state index contributed by atoms with van der Waals surface area (Å²) in [5.74, 6) is -1.13. The second kappa shape index (κ2) is 9.11. The third-order valence-electron chi connectivity index (χ3n) is 5.29. The minimum atomic E-state index is -0.810. The summed E-state index contributed by atoms with van der Waals surface area (Å²) in [6, 6.07) is 8.65. The monoisotopic (exact) mass is 502 g/mol. The third kappa shape index (κ3) is 4.56. The molecule has 174 valence electrons. The first-order valence-electron chi connectivity index (χ1n) is 9.78. The highest BCUT2D eigenvalue weighted by Crippen LogP contribution is 2.35. The van der Waals surface area contributed by atoms with Crippen LogP contribution in [0.25, 0.3) is 0 Å². The van der Waals surface area contributed by atoms with Gasteiger partial charge in [-0.05, 0) is 31.2 Å². The van der Waals surface area contributed by atoms with Crippen LogP contribution in [-0.2, 0) is 4.79 Å². The smallest absolute Gasteiger partial charge is 0.279 e. The average molecular weight is 503 g/mol. The third-order valence-corrected chi connectivity index (χ3v) is 6.54. The maximum Gasteiger partial charge on any atom is 0.279 e. The number of nitrogens with one attached hydrogen (secondary N) is 1. The molecule has 34 heavy (non-hydrogen) atoms. The molecule has 1 fully saturated rings. The Kier molecular flexibility index (Phi) is 6.22.